The zero-order valence-corrected chi connectivity index (χ0v) is 11.7. The maximum Gasteiger partial charge on any atom is 0.138 e. The molecule has 2 nitrogen and oxygen atoms in total. The number of pyridine rings is 1. The molecule has 1 aromatic heterocycles. The fourth-order valence-corrected chi connectivity index (χ4v) is 1.59. The lowest BCUT2D eigenvalue weighted by Gasteiger charge is -2.05. The molecule has 0 radical (unpaired) electrons. The minimum Gasteiger partial charge on any atom is -0.492 e. The monoisotopic (exact) mass is 265 g/mol. The molecule has 0 amide bonds. The molecular formula is C15H20ClNO. The molecule has 1 rings (SSSR count). The summed E-state index contributed by atoms with van der Waals surface area (Å²) in [5, 5.41) is 0. The molecule has 1 aromatic rings. The van der Waals surface area contributed by atoms with Crippen molar-refractivity contribution in [3.05, 3.63) is 24.0 Å². The lowest BCUT2D eigenvalue weighted by molar-refractivity contribution is 0.304. The van der Waals surface area contributed by atoms with E-state index in [9.17, 15) is 0 Å². The zero-order valence-electron chi connectivity index (χ0n) is 10.9. The van der Waals surface area contributed by atoms with Gasteiger partial charge in [0.15, 0.2) is 0 Å². The topological polar surface area (TPSA) is 22.1 Å². The van der Waals surface area contributed by atoms with E-state index in [0.717, 1.165) is 24.3 Å². The number of halogens is 1. The van der Waals surface area contributed by atoms with Crippen LogP contribution >= 0.6 is 11.6 Å². The van der Waals surface area contributed by atoms with Crippen LogP contribution in [0.15, 0.2) is 18.5 Å². The Bertz CT molecular complexity index is 395. The number of nitrogens with zero attached hydrogens (tertiary/aromatic N) is 1. The lowest BCUT2D eigenvalue weighted by Crippen LogP contribution is -1.98. The number of rotatable bonds is 7. The molecule has 0 unspecified atom stereocenters. The Hall–Kier alpha value is -1.20. The summed E-state index contributed by atoms with van der Waals surface area (Å²) < 4.78 is 5.64. The second-order valence-electron chi connectivity index (χ2n) is 4.06. The van der Waals surface area contributed by atoms with Crippen LogP contribution in [0.25, 0.3) is 0 Å². The van der Waals surface area contributed by atoms with E-state index in [-0.39, 0.29) is 0 Å². The van der Waals surface area contributed by atoms with Gasteiger partial charge in [0.25, 0.3) is 0 Å². The number of aromatic nitrogens is 1. The molecule has 0 aromatic carbocycles. The van der Waals surface area contributed by atoms with E-state index in [4.69, 9.17) is 16.3 Å². The van der Waals surface area contributed by atoms with E-state index in [2.05, 4.69) is 23.7 Å². The van der Waals surface area contributed by atoms with E-state index >= 15 is 0 Å². The summed E-state index contributed by atoms with van der Waals surface area (Å²) in [5.74, 6) is 7.36. The van der Waals surface area contributed by atoms with Crippen molar-refractivity contribution in [3.63, 3.8) is 0 Å². The maximum absolute atomic E-state index is 5.64. The molecule has 0 aliphatic rings. The molecule has 98 valence electrons. The zero-order chi connectivity index (χ0) is 13.1. The Balaban J connectivity index is 2.38. The van der Waals surface area contributed by atoms with Gasteiger partial charge in [0, 0.05) is 24.1 Å². The van der Waals surface area contributed by atoms with Gasteiger partial charge in [-0.05, 0) is 12.5 Å². The van der Waals surface area contributed by atoms with Crippen molar-refractivity contribution in [1.82, 2.24) is 4.98 Å². The van der Waals surface area contributed by atoms with Crippen molar-refractivity contribution in [2.75, 3.05) is 12.5 Å². The van der Waals surface area contributed by atoms with Gasteiger partial charge in [-0.3, -0.25) is 4.98 Å². The van der Waals surface area contributed by atoms with E-state index in [0.29, 0.717) is 12.3 Å². The summed E-state index contributed by atoms with van der Waals surface area (Å²) in [6.07, 6.45) is 9.00. The minimum atomic E-state index is 0.564. The van der Waals surface area contributed by atoms with Crippen molar-refractivity contribution in [2.45, 2.75) is 39.0 Å². The predicted octanol–water partition coefficient (Wildman–Crippen LogP) is 4.02. The predicted molar refractivity (Wildman–Crippen MR) is 76.1 cm³/mol. The first kappa shape index (κ1) is 14.9. The van der Waals surface area contributed by atoms with E-state index < -0.39 is 0 Å². The maximum atomic E-state index is 5.64. The Morgan fingerprint density at radius 3 is 2.94 bits per heavy atom. The summed E-state index contributed by atoms with van der Waals surface area (Å²) in [6.45, 7) is 2.95. The third-order valence-corrected chi connectivity index (χ3v) is 2.62. The highest BCUT2D eigenvalue weighted by Gasteiger charge is 1.96. The summed E-state index contributed by atoms with van der Waals surface area (Å²) >= 11 is 5.57. The van der Waals surface area contributed by atoms with Gasteiger partial charge in [-0.25, -0.2) is 0 Å². The second kappa shape index (κ2) is 9.79. The molecule has 0 aliphatic heterocycles. The number of hydrogen-bond donors (Lipinski definition) is 0. The van der Waals surface area contributed by atoms with Crippen molar-refractivity contribution >= 4 is 11.6 Å². The van der Waals surface area contributed by atoms with E-state index in [1.807, 2.05) is 6.07 Å². The average Bonchev–Trinajstić information content (AvgIpc) is 2.39. The summed E-state index contributed by atoms with van der Waals surface area (Å²) in [7, 11) is 0. The average molecular weight is 266 g/mol. The third-order valence-electron chi connectivity index (χ3n) is 2.43. The Morgan fingerprint density at radius 1 is 1.28 bits per heavy atom. The van der Waals surface area contributed by atoms with Crippen LogP contribution in [0.3, 0.4) is 0 Å². The van der Waals surface area contributed by atoms with Gasteiger partial charge in [-0.1, -0.05) is 38.0 Å². The molecular weight excluding hydrogens is 246 g/mol. The van der Waals surface area contributed by atoms with Gasteiger partial charge < -0.3 is 4.74 Å². The van der Waals surface area contributed by atoms with Crippen LogP contribution in [0.5, 0.6) is 5.75 Å². The van der Waals surface area contributed by atoms with Gasteiger partial charge in [0.2, 0.25) is 0 Å². The molecule has 0 saturated heterocycles. The van der Waals surface area contributed by atoms with Crippen LogP contribution in [0, 0.1) is 11.8 Å². The van der Waals surface area contributed by atoms with Crippen LogP contribution in [0.1, 0.15) is 44.6 Å². The lowest BCUT2D eigenvalue weighted by atomic mass is 10.2. The highest BCUT2D eigenvalue weighted by atomic mass is 35.5. The third kappa shape index (κ3) is 6.51. The largest absolute Gasteiger partial charge is 0.492 e. The summed E-state index contributed by atoms with van der Waals surface area (Å²) in [4.78, 5) is 4.12. The number of alkyl halides is 1. The number of unbranched alkanes of at least 4 members (excludes halogenated alkanes) is 3. The van der Waals surface area contributed by atoms with Gasteiger partial charge in [0.1, 0.15) is 5.75 Å². The molecule has 0 bridgehead atoms. The minimum absolute atomic E-state index is 0.564. The Kier molecular flexibility index (Phi) is 8.08. The normalized spacial score (nSPS) is 9.67. The first-order chi connectivity index (χ1) is 8.86. The van der Waals surface area contributed by atoms with Crippen LogP contribution < -0.4 is 4.74 Å². The smallest absolute Gasteiger partial charge is 0.138 e. The molecule has 0 spiro atoms. The highest BCUT2D eigenvalue weighted by Crippen LogP contribution is 2.11. The second-order valence-corrected chi connectivity index (χ2v) is 4.44. The Labute approximate surface area is 115 Å². The standard InChI is InChI=1S/C15H20ClNO/c1-2-3-4-7-10-18-15-11-14(12-17-13-15)8-5-6-9-16/h11-13H,2-4,6-7,9-10H2,1H3. The number of hydrogen-bond acceptors (Lipinski definition) is 2. The molecule has 1 heterocycles. The molecule has 3 heteroatoms. The fourth-order valence-electron chi connectivity index (χ4n) is 1.50. The first-order valence-electron chi connectivity index (χ1n) is 6.49. The fraction of sp³-hybridized carbons (Fsp3) is 0.533. The van der Waals surface area contributed by atoms with Crippen molar-refractivity contribution in [3.8, 4) is 17.6 Å². The van der Waals surface area contributed by atoms with Crippen molar-refractivity contribution < 1.29 is 4.74 Å². The summed E-state index contributed by atoms with van der Waals surface area (Å²) in [5.41, 5.74) is 0.881. The van der Waals surface area contributed by atoms with Crippen LogP contribution in [-0.2, 0) is 0 Å². The van der Waals surface area contributed by atoms with Gasteiger partial charge in [-0.2, -0.15) is 0 Å². The molecule has 0 aliphatic carbocycles. The van der Waals surface area contributed by atoms with Crippen LogP contribution in [0.2, 0.25) is 0 Å². The molecule has 0 saturated carbocycles. The quantitative estimate of drug-likeness (QED) is 0.422. The van der Waals surface area contributed by atoms with Gasteiger partial charge in [-0.15, -0.1) is 11.6 Å². The SMILES string of the molecule is CCCCCCOc1cncc(C#CCCCl)c1. The molecule has 18 heavy (non-hydrogen) atoms. The summed E-state index contributed by atoms with van der Waals surface area (Å²) in [6, 6.07) is 1.92. The molecule has 0 atom stereocenters. The van der Waals surface area contributed by atoms with Gasteiger partial charge >= 0.3 is 0 Å². The first-order valence-corrected chi connectivity index (χ1v) is 7.03. The van der Waals surface area contributed by atoms with E-state index in [1.54, 1.807) is 12.4 Å². The Morgan fingerprint density at radius 2 is 2.17 bits per heavy atom. The van der Waals surface area contributed by atoms with Gasteiger partial charge in [0.05, 0.1) is 12.8 Å². The highest BCUT2D eigenvalue weighted by molar-refractivity contribution is 6.18. The number of ether oxygens (including phenoxy) is 1. The molecule has 0 fully saturated rings. The van der Waals surface area contributed by atoms with Crippen molar-refractivity contribution in [2.24, 2.45) is 0 Å². The molecule has 0 N–H and O–H groups in total. The van der Waals surface area contributed by atoms with Crippen LogP contribution in [-0.4, -0.2) is 17.5 Å². The van der Waals surface area contributed by atoms with Crippen LogP contribution in [0.4, 0.5) is 0 Å². The van der Waals surface area contributed by atoms with Crippen molar-refractivity contribution in [1.29, 1.82) is 0 Å². The van der Waals surface area contributed by atoms with E-state index in [1.165, 1.54) is 19.3 Å².